The van der Waals surface area contributed by atoms with E-state index in [0.29, 0.717) is 0 Å². The molecule has 7 aromatic rings. The van der Waals surface area contributed by atoms with Gasteiger partial charge in [-0.25, -0.2) is 92.4 Å². The Kier molecular flexibility index (Phi) is 12.5. The lowest BCUT2D eigenvalue weighted by Gasteiger charge is -2.44. The maximum Gasteiger partial charge on any atom is 0.200 e. The molecule has 1 aromatic heterocycles. The lowest BCUT2D eigenvalue weighted by Crippen LogP contribution is -2.81. The van der Waals surface area contributed by atoms with Gasteiger partial charge in [-0.15, -0.1) is 21.9 Å². The second kappa shape index (κ2) is 17.1. The lowest BCUT2D eigenvalue weighted by atomic mass is 9.12. The van der Waals surface area contributed by atoms with E-state index in [-0.39, 0.29) is 0 Å². The van der Waals surface area contributed by atoms with Crippen LogP contribution >= 0.6 is 11.6 Å². The van der Waals surface area contributed by atoms with Crippen molar-refractivity contribution >= 4 is 50.4 Å². The van der Waals surface area contributed by atoms with Crippen LogP contribution in [0.1, 0.15) is 5.56 Å². The topological polar surface area (TPSA) is 3.88 Å². The Morgan fingerprint density at radius 1 is 0.349 bits per heavy atom. The number of halogens is 21. The summed E-state index contributed by atoms with van der Waals surface area (Å²) in [6, 6.07) is 18.5. The second-order valence-electron chi connectivity index (χ2n) is 13.1. The zero-order chi connectivity index (χ0) is 46.7. The molecular formula is C40H13BClF20N. The first-order valence-electron chi connectivity index (χ1n) is 16.9. The molecule has 23 heteroatoms. The molecule has 0 saturated heterocycles. The van der Waals surface area contributed by atoms with E-state index in [4.69, 9.17) is 11.6 Å². The third-order valence-corrected chi connectivity index (χ3v) is 10.1. The highest BCUT2D eigenvalue weighted by Gasteiger charge is 2.52. The number of nitrogens with zero attached hydrogens (tertiary/aromatic N) is 1. The Bertz CT molecular complexity index is 2620. The Labute approximate surface area is 342 Å². The smallest absolute Gasteiger partial charge is 0.200 e. The van der Waals surface area contributed by atoms with E-state index in [2.05, 4.69) is 53.4 Å². The zero-order valence-corrected chi connectivity index (χ0v) is 30.8. The van der Waals surface area contributed by atoms with Gasteiger partial charge in [-0.2, -0.15) is 0 Å². The Balaban J connectivity index is 0.000000302. The van der Waals surface area contributed by atoms with Gasteiger partial charge in [0.1, 0.15) is 52.7 Å². The summed E-state index contributed by atoms with van der Waals surface area (Å²) in [5.74, 6) is -71.4. The fourth-order valence-corrected chi connectivity index (χ4v) is 7.22. The monoisotopic (exact) mass is 933 g/mol. The Morgan fingerprint density at radius 2 is 0.651 bits per heavy atom. The number of rotatable bonds is 6. The molecule has 0 amide bonds. The van der Waals surface area contributed by atoms with Crippen molar-refractivity contribution in [1.82, 2.24) is 0 Å². The molecule has 0 unspecified atom stereocenters. The highest BCUT2D eigenvalue weighted by molar-refractivity contribution is 7.20. The molecule has 0 N–H and O–H groups in total. The van der Waals surface area contributed by atoms with Crippen LogP contribution in [0, 0.1) is 116 Å². The van der Waals surface area contributed by atoms with Crippen molar-refractivity contribution < 1.29 is 92.4 Å². The van der Waals surface area contributed by atoms with Crippen LogP contribution in [0.3, 0.4) is 0 Å². The van der Waals surface area contributed by atoms with Crippen molar-refractivity contribution in [3.8, 4) is 0 Å². The summed E-state index contributed by atoms with van der Waals surface area (Å²) in [5.41, 5.74) is -13.0. The van der Waals surface area contributed by atoms with Crippen LogP contribution in [-0.4, -0.2) is 6.15 Å². The predicted molar refractivity (Wildman–Crippen MR) is 184 cm³/mol. The summed E-state index contributed by atoms with van der Waals surface area (Å²) in [7, 11) is 0. The fourth-order valence-electron chi connectivity index (χ4n) is 6.99. The number of aromatic nitrogens is 1. The van der Waals surface area contributed by atoms with Gasteiger partial charge in [0.2, 0.25) is 0 Å². The molecule has 0 saturated carbocycles. The quantitative estimate of drug-likeness (QED) is 0.0515. The predicted octanol–water partition coefficient (Wildman–Crippen LogP) is 9.67. The minimum absolute atomic E-state index is 0.801. The van der Waals surface area contributed by atoms with Gasteiger partial charge < -0.3 is 0 Å². The van der Waals surface area contributed by atoms with Gasteiger partial charge >= 0.3 is 0 Å². The average molecular weight is 934 g/mol. The molecule has 0 aliphatic carbocycles. The number of fused-ring (bicyclic) bond motifs is 1. The maximum absolute atomic E-state index is 15.4. The highest BCUT2D eigenvalue weighted by Crippen LogP contribution is 2.31. The highest BCUT2D eigenvalue weighted by atomic mass is 35.5. The molecule has 0 atom stereocenters. The van der Waals surface area contributed by atoms with E-state index in [1.807, 2.05) is 18.2 Å². The summed E-state index contributed by atoms with van der Waals surface area (Å²) < 4.78 is 296. The van der Waals surface area contributed by atoms with Gasteiger partial charge in [0.15, 0.2) is 88.7 Å². The molecule has 0 radical (unpaired) electrons. The molecule has 1 heterocycles. The van der Waals surface area contributed by atoms with Gasteiger partial charge in [0.25, 0.3) is 0 Å². The Hall–Kier alpha value is -6.32. The van der Waals surface area contributed by atoms with Crippen LogP contribution in [-0.2, 0) is 6.54 Å². The largest absolute Gasteiger partial charge is 0.207 e. The van der Waals surface area contributed by atoms with Crippen LogP contribution < -0.4 is 26.4 Å². The zero-order valence-electron chi connectivity index (χ0n) is 30.0. The molecule has 7 rings (SSSR count). The van der Waals surface area contributed by atoms with Crippen molar-refractivity contribution in [2.45, 2.75) is 6.54 Å². The lowest BCUT2D eigenvalue weighted by molar-refractivity contribution is -0.687. The van der Waals surface area contributed by atoms with E-state index in [1.165, 1.54) is 10.9 Å². The second-order valence-corrected chi connectivity index (χ2v) is 13.6. The maximum atomic E-state index is 15.4. The molecule has 0 spiro atoms. The van der Waals surface area contributed by atoms with Gasteiger partial charge in [-0.05, 0) is 11.5 Å². The number of hydrogen-bond acceptors (Lipinski definition) is 0. The number of pyridine rings is 1. The summed E-state index contributed by atoms with van der Waals surface area (Å²) in [6.45, 7) is 0.863. The van der Waals surface area contributed by atoms with Crippen molar-refractivity contribution in [1.29, 1.82) is 0 Å². The van der Waals surface area contributed by atoms with Gasteiger partial charge in [-0.3, -0.25) is 0 Å². The van der Waals surface area contributed by atoms with Crippen LogP contribution in [0.2, 0.25) is 5.02 Å². The summed E-state index contributed by atoms with van der Waals surface area (Å²) in [4.78, 5) is 0. The standard InChI is InChI=1S/C24BF20.C16H13ClN/c26-5-1(6(27)14(35)21(42)13(5)34)25(2-7(28)15(36)22(43)16(37)8(2)29,3-9(30)17(38)23(44)18(39)10(3)31)4-11(32)19(40)24(45)20(41)12(4)33;17-16-8-4-7-14-9-10-18(12-15(14)16)11-13-5-2-1-3-6-13/h;1-10,12H,11H2/q-1;+1. The molecular weight excluding hydrogens is 921 g/mol. The molecule has 6 aromatic carbocycles. The third kappa shape index (κ3) is 7.26. The van der Waals surface area contributed by atoms with Crippen LogP contribution in [0.25, 0.3) is 10.8 Å². The van der Waals surface area contributed by atoms with Crippen LogP contribution in [0.15, 0.2) is 67.0 Å². The molecule has 0 aliphatic heterocycles. The van der Waals surface area contributed by atoms with Gasteiger partial charge in [0, 0.05) is 11.6 Å². The summed E-state index contributed by atoms with van der Waals surface area (Å²) >= 11 is 6.22. The number of hydrogen-bond donors (Lipinski definition) is 0. The van der Waals surface area contributed by atoms with E-state index in [9.17, 15) is 52.7 Å². The van der Waals surface area contributed by atoms with Crippen molar-refractivity contribution in [3.05, 3.63) is 194 Å². The summed E-state index contributed by atoms with van der Waals surface area (Å²) in [5, 5.41) is 3.07. The van der Waals surface area contributed by atoms with Gasteiger partial charge in [0.05, 0.1) is 10.4 Å². The first kappa shape index (κ1) is 46.2. The molecule has 1 nitrogen and oxygen atoms in total. The van der Waals surface area contributed by atoms with Crippen LogP contribution in [0.5, 0.6) is 0 Å². The normalized spacial score (nSPS) is 11.6. The SMILES string of the molecule is Clc1cccc2cc[n+](Cc3ccccc3)cc12.Fc1c(F)c(F)c([B-](c2c(F)c(F)c(F)c(F)c2F)(c2c(F)c(F)c(F)c(F)c2F)c2c(F)c(F)c(F)c(F)c2F)c(F)c1F. The van der Waals surface area contributed by atoms with Crippen LogP contribution in [0.4, 0.5) is 87.8 Å². The van der Waals surface area contributed by atoms with Crippen molar-refractivity contribution in [3.63, 3.8) is 0 Å². The van der Waals surface area contributed by atoms with E-state index >= 15 is 35.1 Å². The molecule has 0 aliphatic rings. The number of benzene rings is 6. The summed E-state index contributed by atoms with van der Waals surface area (Å²) in [6.07, 6.45) is -3.03. The molecule has 0 fully saturated rings. The van der Waals surface area contributed by atoms with E-state index in [1.54, 1.807) is 0 Å². The average Bonchev–Trinajstić information content (AvgIpc) is 3.27. The molecule has 0 bridgehead atoms. The van der Waals surface area contributed by atoms with E-state index < -0.39 is 144 Å². The fraction of sp³-hybridized carbons (Fsp3) is 0.0250. The van der Waals surface area contributed by atoms with Gasteiger partial charge in [-0.1, -0.05) is 54.1 Å². The Morgan fingerprint density at radius 3 is 0.968 bits per heavy atom. The van der Waals surface area contributed by atoms with Crippen molar-refractivity contribution in [2.75, 3.05) is 0 Å². The minimum atomic E-state index is -7.22. The third-order valence-electron chi connectivity index (χ3n) is 9.74. The first-order chi connectivity index (χ1) is 29.5. The first-order valence-corrected chi connectivity index (χ1v) is 17.3. The molecule has 328 valence electrons. The van der Waals surface area contributed by atoms with Crippen molar-refractivity contribution in [2.24, 2.45) is 0 Å². The minimum Gasteiger partial charge on any atom is -0.207 e. The van der Waals surface area contributed by atoms with E-state index in [0.717, 1.165) is 17.0 Å². The molecule has 63 heavy (non-hydrogen) atoms.